The average Bonchev–Trinajstić information content (AvgIpc) is 1.30. The molecule has 0 amide bonds. The average molecular weight is 223 g/mol. The Kier molecular flexibility index (Phi) is 3.41. The van der Waals surface area contributed by atoms with Crippen molar-refractivity contribution in [3.63, 3.8) is 0 Å². The van der Waals surface area contributed by atoms with Gasteiger partial charge in [0.25, 0.3) is 0 Å². The van der Waals surface area contributed by atoms with Crippen molar-refractivity contribution in [2.75, 3.05) is 0 Å². The zero-order chi connectivity index (χ0) is 5.91. The molecule has 0 aromatic rings. The summed E-state index contributed by atoms with van der Waals surface area (Å²) in [5, 5.41) is 1.97. The van der Waals surface area contributed by atoms with Gasteiger partial charge in [0.15, 0.2) is 0 Å². The van der Waals surface area contributed by atoms with Crippen molar-refractivity contribution < 1.29 is 0 Å². The van der Waals surface area contributed by atoms with E-state index in [1.54, 1.807) is 0 Å². The first-order valence-electron chi connectivity index (χ1n) is 2.35. The van der Waals surface area contributed by atoms with E-state index in [4.69, 9.17) is 0 Å². The zero-order valence-electron chi connectivity index (χ0n) is 5.19. The van der Waals surface area contributed by atoms with Crippen LogP contribution in [0.5, 0.6) is 0 Å². The second-order valence-corrected chi connectivity index (χ2v) is 25.3. The molecule has 0 rings (SSSR count). The normalized spacial score (nSPS) is 11.3. The van der Waals surface area contributed by atoms with E-state index in [-0.39, 0.29) is 0 Å². The summed E-state index contributed by atoms with van der Waals surface area (Å²) in [6.07, 6.45) is 0. The SMILES string of the molecule is C=C[S][Sn]([CH3])([CH3])[CH3]. The molecule has 42 valence electrons. The Bertz CT molecular complexity index is 63.0. The summed E-state index contributed by atoms with van der Waals surface area (Å²) in [7, 11) is 1.96. The Morgan fingerprint density at radius 1 is 1.43 bits per heavy atom. The molecule has 0 aliphatic heterocycles. The van der Waals surface area contributed by atoms with Crippen LogP contribution in [0.15, 0.2) is 12.0 Å². The van der Waals surface area contributed by atoms with E-state index in [2.05, 4.69) is 21.4 Å². The van der Waals surface area contributed by atoms with E-state index >= 15 is 0 Å². The van der Waals surface area contributed by atoms with Crippen LogP contribution in [0.1, 0.15) is 0 Å². The van der Waals surface area contributed by atoms with Gasteiger partial charge < -0.3 is 0 Å². The summed E-state index contributed by atoms with van der Waals surface area (Å²) in [6.45, 7) is 3.66. The van der Waals surface area contributed by atoms with E-state index in [1.165, 1.54) is 0 Å². The van der Waals surface area contributed by atoms with Crippen molar-refractivity contribution in [1.82, 2.24) is 0 Å². The van der Waals surface area contributed by atoms with E-state index in [0.717, 1.165) is 0 Å². The van der Waals surface area contributed by atoms with Crippen LogP contribution < -0.4 is 0 Å². The van der Waals surface area contributed by atoms with Crippen molar-refractivity contribution in [1.29, 1.82) is 0 Å². The molecule has 0 unspecified atom stereocenters. The fourth-order valence-electron chi connectivity index (χ4n) is 0.250. The first-order chi connectivity index (χ1) is 3.06. The van der Waals surface area contributed by atoms with Gasteiger partial charge in [-0.2, -0.15) is 0 Å². The topological polar surface area (TPSA) is 0 Å². The van der Waals surface area contributed by atoms with Gasteiger partial charge in [0.05, 0.1) is 0 Å². The summed E-state index contributed by atoms with van der Waals surface area (Å²) in [4.78, 5) is 7.13. The molecule has 0 aliphatic rings. The zero-order valence-corrected chi connectivity index (χ0v) is 8.86. The van der Waals surface area contributed by atoms with Gasteiger partial charge in [0.2, 0.25) is 0 Å². The molecular formula is C5H12SSn. The summed E-state index contributed by atoms with van der Waals surface area (Å²) in [5.41, 5.74) is 0. The fourth-order valence-corrected chi connectivity index (χ4v) is 5.03. The molecule has 2 heteroatoms. The quantitative estimate of drug-likeness (QED) is 0.648. The summed E-state index contributed by atoms with van der Waals surface area (Å²) in [5.74, 6) is 0. The molecule has 7 heavy (non-hydrogen) atoms. The molecule has 0 bridgehead atoms. The molecule has 0 atom stereocenters. The Morgan fingerprint density at radius 2 is 1.86 bits per heavy atom. The molecule has 0 saturated heterocycles. The van der Waals surface area contributed by atoms with E-state index in [0.29, 0.717) is 0 Å². The molecule has 0 heterocycles. The third-order valence-electron chi connectivity index (χ3n) is 0.437. The van der Waals surface area contributed by atoms with Crippen LogP contribution in [0, 0.1) is 0 Å². The van der Waals surface area contributed by atoms with Crippen LogP contribution in [-0.2, 0) is 0 Å². The predicted molar refractivity (Wildman–Crippen MR) is 41.1 cm³/mol. The molecule has 0 saturated carbocycles. The Morgan fingerprint density at radius 3 is 1.86 bits per heavy atom. The third-order valence-corrected chi connectivity index (χ3v) is 8.79. The van der Waals surface area contributed by atoms with Gasteiger partial charge >= 0.3 is 52.7 Å². The molecular weight excluding hydrogens is 211 g/mol. The standard InChI is InChI=1S/C2H4S.3CH3.Sn/c1-2-3;;;;/h2-3H,1H2;3*1H3;/q;;;;+1/p-1. The fraction of sp³-hybridized carbons (Fsp3) is 0.600. The first kappa shape index (κ1) is 7.89. The van der Waals surface area contributed by atoms with Crippen LogP contribution in [0.4, 0.5) is 0 Å². The second-order valence-electron chi connectivity index (χ2n) is 2.40. The van der Waals surface area contributed by atoms with Gasteiger partial charge in [-0.15, -0.1) is 0 Å². The second kappa shape index (κ2) is 3.02. The number of hydrogen-bond acceptors (Lipinski definition) is 1. The van der Waals surface area contributed by atoms with Crippen LogP contribution in [0.3, 0.4) is 0 Å². The van der Waals surface area contributed by atoms with E-state index in [1.807, 2.05) is 14.4 Å². The van der Waals surface area contributed by atoms with Crippen molar-refractivity contribution in [2.45, 2.75) is 14.8 Å². The Labute approximate surface area is 52.7 Å². The molecule has 0 aliphatic carbocycles. The predicted octanol–water partition coefficient (Wildman–Crippen LogP) is 2.70. The van der Waals surface area contributed by atoms with Crippen LogP contribution >= 0.6 is 8.95 Å². The molecule has 0 nitrogen and oxygen atoms in total. The van der Waals surface area contributed by atoms with Gasteiger partial charge in [0.1, 0.15) is 0 Å². The maximum atomic E-state index is 3.66. The molecule has 0 aromatic carbocycles. The summed E-state index contributed by atoms with van der Waals surface area (Å²) >= 11 is -1.48. The van der Waals surface area contributed by atoms with Gasteiger partial charge in [-0.25, -0.2) is 0 Å². The van der Waals surface area contributed by atoms with Crippen LogP contribution in [0.25, 0.3) is 0 Å². The molecule has 0 N–H and O–H groups in total. The van der Waals surface area contributed by atoms with Crippen molar-refractivity contribution in [3.8, 4) is 0 Å². The third kappa shape index (κ3) is 6.89. The number of rotatable bonds is 2. The van der Waals surface area contributed by atoms with Gasteiger partial charge in [-0.1, -0.05) is 0 Å². The van der Waals surface area contributed by atoms with Crippen molar-refractivity contribution >= 4 is 25.9 Å². The first-order valence-corrected chi connectivity index (χ1v) is 15.3. The van der Waals surface area contributed by atoms with Gasteiger partial charge in [-0.3, -0.25) is 0 Å². The monoisotopic (exact) mass is 224 g/mol. The molecule has 0 fully saturated rings. The van der Waals surface area contributed by atoms with Gasteiger partial charge in [0, 0.05) is 0 Å². The van der Waals surface area contributed by atoms with E-state index < -0.39 is 17.0 Å². The van der Waals surface area contributed by atoms with Crippen LogP contribution in [-0.4, -0.2) is 17.0 Å². The van der Waals surface area contributed by atoms with Gasteiger partial charge in [-0.05, 0) is 0 Å². The molecule has 0 spiro atoms. The van der Waals surface area contributed by atoms with Crippen molar-refractivity contribution in [2.24, 2.45) is 0 Å². The Balaban J connectivity index is 3.34. The summed E-state index contributed by atoms with van der Waals surface area (Å²) < 4.78 is 0. The Hall–Kier alpha value is 0.889. The minimum absolute atomic E-state index is 1.48. The van der Waals surface area contributed by atoms with Crippen molar-refractivity contribution in [3.05, 3.63) is 12.0 Å². The van der Waals surface area contributed by atoms with Crippen LogP contribution in [0.2, 0.25) is 14.8 Å². The maximum absolute atomic E-state index is 3.66. The molecule has 0 aromatic heterocycles. The number of hydrogen-bond donors (Lipinski definition) is 0. The van der Waals surface area contributed by atoms with E-state index in [9.17, 15) is 0 Å². The molecule has 0 radical (unpaired) electrons. The summed E-state index contributed by atoms with van der Waals surface area (Å²) in [6, 6.07) is 0. The minimum atomic E-state index is -1.48.